The molecule has 0 spiro atoms. The van der Waals surface area contributed by atoms with Crippen LogP contribution in [0.4, 0.5) is 10.1 Å². The lowest BCUT2D eigenvalue weighted by molar-refractivity contribution is 0.546. The summed E-state index contributed by atoms with van der Waals surface area (Å²) >= 11 is 0. The van der Waals surface area contributed by atoms with Crippen molar-refractivity contribution in [3.05, 3.63) is 41.7 Å². The van der Waals surface area contributed by atoms with E-state index in [2.05, 4.69) is 38.8 Å². The highest BCUT2D eigenvalue weighted by atomic mass is 19.1. The minimum atomic E-state index is -0.196. The standard InChI is InChI=1S/C15H20FN5/c1-3-17-11(2)13-8-12(16)4-5-14(13)20-6-7-21-10-18-19-15(21)9-20/h4-5,8,10-11,17H,3,6-7,9H2,1-2H3. The van der Waals surface area contributed by atoms with Crippen molar-refractivity contribution in [2.75, 3.05) is 18.0 Å². The molecule has 6 heteroatoms. The van der Waals surface area contributed by atoms with Crippen LogP contribution in [0, 0.1) is 5.82 Å². The lowest BCUT2D eigenvalue weighted by Crippen LogP contribution is -2.35. The van der Waals surface area contributed by atoms with Crippen LogP contribution < -0.4 is 10.2 Å². The van der Waals surface area contributed by atoms with Gasteiger partial charge in [-0.2, -0.15) is 0 Å². The summed E-state index contributed by atoms with van der Waals surface area (Å²) in [5.41, 5.74) is 2.06. The smallest absolute Gasteiger partial charge is 0.152 e. The monoisotopic (exact) mass is 289 g/mol. The van der Waals surface area contributed by atoms with E-state index in [0.717, 1.165) is 36.7 Å². The first-order valence-corrected chi connectivity index (χ1v) is 7.33. The maximum atomic E-state index is 13.6. The molecule has 1 aliphatic heterocycles. The highest BCUT2D eigenvalue weighted by Gasteiger charge is 2.21. The second-order valence-corrected chi connectivity index (χ2v) is 5.34. The summed E-state index contributed by atoms with van der Waals surface area (Å²) in [5.74, 6) is 0.756. The van der Waals surface area contributed by atoms with E-state index >= 15 is 0 Å². The molecule has 5 nitrogen and oxygen atoms in total. The molecule has 0 bridgehead atoms. The second kappa shape index (κ2) is 5.81. The van der Waals surface area contributed by atoms with Crippen LogP contribution in [0.25, 0.3) is 0 Å². The van der Waals surface area contributed by atoms with Crippen LogP contribution in [-0.2, 0) is 13.1 Å². The maximum Gasteiger partial charge on any atom is 0.152 e. The second-order valence-electron chi connectivity index (χ2n) is 5.34. The topological polar surface area (TPSA) is 46.0 Å². The van der Waals surface area contributed by atoms with Crippen molar-refractivity contribution >= 4 is 5.69 Å². The van der Waals surface area contributed by atoms with Gasteiger partial charge in [0.15, 0.2) is 5.82 Å². The Morgan fingerprint density at radius 1 is 1.38 bits per heavy atom. The summed E-state index contributed by atoms with van der Waals surface area (Å²) in [5, 5.41) is 11.4. The van der Waals surface area contributed by atoms with Gasteiger partial charge >= 0.3 is 0 Å². The lowest BCUT2D eigenvalue weighted by atomic mass is 10.0. The maximum absolute atomic E-state index is 13.6. The molecule has 1 aromatic heterocycles. The number of hydrogen-bond acceptors (Lipinski definition) is 4. The van der Waals surface area contributed by atoms with E-state index in [4.69, 9.17) is 0 Å². The van der Waals surface area contributed by atoms with Gasteiger partial charge in [0.05, 0.1) is 6.54 Å². The third-order valence-electron chi connectivity index (χ3n) is 3.95. The molecule has 0 saturated heterocycles. The number of nitrogens with one attached hydrogen (secondary N) is 1. The lowest BCUT2D eigenvalue weighted by Gasteiger charge is -2.32. The Kier molecular flexibility index (Phi) is 3.88. The normalized spacial score (nSPS) is 15.9. The number of nitrogens with zero attached hydrogens (tertiary/aromatic N) is 4. The molecule has 0 saturated carbocycles. The molecule has 0 radical (unpaired) electrons. The molecule has 1 unspecified atom stereocenters. The zero-order valence-corrected chi connectivity index (χ0v) is 12.4. The largest absolute Gasteiger partial charge is 0.362 e. The van der Waals surface area contributed by atoms with Gasteiger partial charge in [-0.05, 0) is 37.2 Å². The molecule has 112 valence electrons. The molecule has 21 heavy (non-hydrogen) atoms. The first-order valence-electron chi connectivity index (χ1n) is 7.33. The Bertz CT molecular complexity index is 624. The van der Waals surface area contributed by atoms with Gasteiger partial charge in [-0.3, -0.25) is 0 Å². The summed E-state index contributed by atoms with van der Waals surface area (Å²) < 4.78 is 15.7. The molecule has 3 rings (SSSR count). The average molecular weight is 289 g/mol. The van der Waals surface area contributed by atoms with Crippen LogP contribution in [0.5, 0.6) is 0 Å². The van der Waals surface area contributed by atoms with Gasteiger partial charge in [-0.25, -0.2) is 4.39 Å². The van der Waals surface area contributed by atoms with Gasteiger partial charge in [0.25, 0.3) is 0 Å². The van der Waals surface area contributed by atoms with Gasteiger partial charge in [0, 0.05) is 24.8 Å². The van der Waals surface area contributed by atoms with Crippen molar-refractivity contribution in [2.24, 2.45) is 0 Å². The third-order valence-corrected chi connectivity index (χ3v) is 3.95. The molecular formula is C15H20FN5. The molecule has 1 N–H and O–H groups in total. The van der Waals surface area contributed by atoms with Gasteiger partial charge < -0.3 is 14.8 Å². The fourth-order valence-electron chi connectivity index (χ4n) is 2.85. The van der Waals surface area contributed by atoms with Crippen molar-refractivity contribution in [2.45, 2.75) is 33.0 Å². The molecule has 1 aliphatic rings. The minimum absolute atomic E-state index is 0.112. The van der Waals surface area contributed by atoms with Gasteiger partial charge in [0.1, 0.15) is 12.1 Å². The van der Waals surface area contributed by atoms with Crippen LogP contribution in [-0.4, -0.2) is 27.9 Å². The minimum Gasteiger partial charge on any atom is -0.362 e. The van der Waals surface area contributed by atoms with Crippen molar-refractivity contribution in [3.8, 4) is 0 Å². The van der Waals surface area contributed by atoms with Crippen LogP contribution in [0.3, 0.4) is 0 Å². The van der Waals surface area contributed by atoms with E-state index < -0.39 is 0 Å². The summed E-state index contributed by atoms with van der Waals surface area (Å²) in [6.07, 6.45) is 1.76. The van der Waals surface area contributed by atoms with Gasteiger partial charge in [-0.15, -0.1) is 10.2 Å². The highest BCUT2D eigenvalue weighted by Crippen LogP contribution is 2.29. The molecule has 1 atom stereocenters. The number of halogens is 1. The quantitative estimate of drug-likeness (QED) is 0.936. The van der Waals surface area contributed by atoms with Gasteiger partial charge in [-0.1, -0.05) is 6.92 Å². The number of anilines is 1. The van der Waals surface area contributed by atoms with Crippen LogP contribution in [0.1, 0.15) is 31.3 Å². The molecule has 0 amide bonds. The van der Waals surface area contributed by atoms with Crippen molar-refractivity contribution in [1.82, 2.24) is 20.1 Å². The number of fused-ring (bicyclic) bond motifs is 1. The van der Waals surface area contributed by atoms with Crippen molar-refractivity contribution < 1.29 is 4.39 Å². The van der Waals surface area contributed by atoms with Crippen LogP contribution >= 0.6 is 0 Å². The fourth-order valence-corrected chi connectivity index (χ4v) is 2.85. The highest BCUT2D eigenvalue weighted by molar-refractivity contribution is 5.55. The first kappa shape index (κ1) is 14.0. The van der Waals surface area contributed by atoms with E-state index in [1.807, 2.05) is 6.07 Å². The number of hydrogen-bond donors (Lipinski definition) is 1. The van der Waals surface area contributed by atoms with E-state index in [9.17, 15) is 4.39 Å². The Balaban J connectivity index is 1.91. The molecule has 0 aliphatic carbocycles. The summed E-state index contributed by atoms with van der Waals surface area (Å²) in [6.45, 7) is 7.41. The van der Waals surface area contributed by atoms with Gasteiger partial charge in [0.2, 0.25) is 0 Å². The molecule has 1 aromatic carbocycles. The van der Waals surface area contributed by atoms with E-state index in [0.29, 0.717) is 6.54 Å². The van der Waals surface area contributed by atoms with Crippen LogP contribution in [0.15, 0.2) is 24.5 Å². The molecular weight excluding hydrogens is 269 g/mol. The molecule has 2 aromatic rings. The zero-order chi connectivity index (χ0) is 14.8. The molecule has 2 heterocycles. The van der Waals surface area contributed by atoms with E-state index in [1.165, 1.54) is 6.07 Å². The van der Waals surface area contributed by atoms with Crippen LogP contribution in [0.2, 0.25) is 0 Å². The zero-order valence-electron chi connectivity index (χ0n) is 12.4. The number of aromatic nitrogens is 3. The summed E-state index contributed by atoms with van der Waals surface area (Å²) in [6, 6.07) is 5.13. The first-order chi connectivity index (χ1) is 10.2. The Morgan fingerprint density at radius 2 is 2.24 bits per heavy atom. The van der Waals surface area contributed by atoms with E-state index in [1.54, 1.807) is 12.4 Å². The number of benzene rings is 1. The SMILES string of the molecule is CCNC(C)c1cc(F)ccc1N1CCn2cnnc2C1. The predicted molar refractivity (Wildman–Crippen MR) is 79.6 cm³/mol. The Labute approximate surface area is 123 Å². The average Bonchev–Trinajstić information content (AvgIpc) is 2.94. The predicted octanol–water partition coefficient (Wildman–Crippen LogP) is 2.11. The van der Waals surface area contributed by atoms with Crippen molar-refractivity contribution in [1.29, 1.82) is 0 Å². The summed E-state index contributed by atoms with van der Waals surface area (Å²) in [7, 11) is 0. The fraction of sp³-hybridized carbons (Fsp3) is 0.467. The third kappa shape index (κ3) is 2.76. The Hall–Kier alpha value is -1.95. The molecule has 0 fully saturated rings. The van der Waals surface area contributed by atoms with Crippen molar-refractivity contribution in [3.63, 3.8) is 0 Å². The Morgan fingerprint density at radius 3 is 3.05 bits per heavy atom. The van der Waals surface area contributed by atoms with E-state index in [-0.39, 0.29) is 11.9 Å². The number of rotatable bonds is 4. The summed E-state index contributed by atoms with van der Waals surface area (Å²) in [4.78, 5) is 2.24.